The van der Waals surface area contributed by atoms with E-state index in [1.54, 1.807) is 7.11 Å². The third kappa shape index (κ3) is 4.17. The van der Waals surface area contributed by atoms with E-state index in [-0.39, 0.29) is 0 Å². The highest BCUT2D eigenvalue weighted by molar-refractivity contribution is 7.19. The number of hydrogen-bond acceptors (Lipinski definition) is 5. The molecule has 5 aromatic rings. The number of thiazole rings is 1. The summed E-state index contributed by atoms with van der Waals surface area (Å²) in [6.07, 6.45) is 1.82. The van der Waals surface area contributed by atoms with Gasteiger partial charge in [-0.3, -0.25) is 0 Å². The number of allylic oxidation sites excluding steroid dienone is 1. The average molecular weight is 449 g/mol. The van der Waals surface area contributed by atoms with E-state index in [2.05, 4.69) is 35.3 Å². The molecule has 0 aliphatic heterocycles. The molecule has 0 aliphatic carbocycles. The van der Waals surface area contributed by atoms with Crippen LogP contribution in [0.4, 0.5) is 0 Å². The molecule has 33 heavy (non-hydrogen) atoms. The minimum Gasteiger partial charge on any atom is -0.493 e. The van der Waals surface area contributed by atoms with Crippen molar-refractivity contribution in [3.05, 3.63) is 101 Å². The second-order valence-corrected chi connectivity index (χ2v) is 8.49. The molecule has 0 N–H and O–H groups in total. The Morgan fingerprint density at radius 3 is 2.61 bits per heavy atom. The number of methoxy groups -OCH3 is 1. The van der Waals surface area contributed by atoms with Crippen LogP contribution in [-0.4, -0.2) is 12.1 Å². The molecule has 0 saturated heterocycles. The van der Waals surface area contributed by atoms with Crippen LogP contribution in [0.5, 0.6) is 11.5 Å². The molecule has 4 aromatic carbocycles. The Morgan fingerprint density at radius 2 is 1.76 bits per heavy atom. The Labute approximate surface area is 196 Å². The number of aromatic nitrogens is 1. The molecule has 1 aromatic heterocycles. The molecular weight excluding hydrogens is 428 g/mol. The highest BCUT2D eigenvalue weighted by Gasteiger charge is 2.14. The van der Waals surface area contributed by atoms with Crippen molar-refractivity contribution >= 4 is 44.0 Å². The predicted molar refractivity (Wildman–Crippen MR) is 134 cm³/mol. The zero-order valence-electron chi connectivity index (χ0n) is 18.0. The van der Waals surface area contributed by atoms with Crippen LogP contribution in [0.2, 0.25) is 0 Å². The zero-order valence-corrected chi connectivity index (χ0v) is 18.8. The van der Waals surface area contributed by atoms with Crippen molar-refractivity contribution in [3.63, 3.8) is 0 Å². The number of para-hydroxylation sites is 2. The molecule has 0 radical (unpaired) electrons. The number of hydrogen-bond donors (Lipinski definition) is 0. The highest BCUT2D eigenvalue weighted by atomic mass is 32.1. The minimum atomic E-state index is 0.381. The predicted octanol–water partition coefficient (Wildman–Crippen LogP) is 7.10. The van der Waals surface area contributed by atoms with Crippen molar-refractivity contribution < 1.29 is 9.47 Å². The van der Waals surface area contributed by atoms with Crippen LogP contribution in [0.1, 0.15) is 16.1 Å². The maximum absolute atomic E-state index is 9.89. The van der Waals surface area contributed by atoms with Gasteiger partial charge in [0.25, 0.3) is 0 Å². The van der Waals surface area contributed by atoms with Crippen molar-refractivity contribution in [3.8, 4) is 17.6 Å². The smallest absolute Gasteiger partial charge is 0.168 e. The third-order valence-corrected chi connectivity index (χ3v) is 6.50. The first kappa shape index (κ1) is 20.7. The lowest BCUT2D eigenvalue weighted by molar-refractivity contribution is 0.285. The van der Waals surface area contributed by atoms with Gasteiger partial charge < -0.3 is 9.47 Å². The molecule has 160 valence electrons. The molecule has 0 aliphatic rings. The van der Waals surface area contributed by atoms with Crippen LogP contribution in [0, 0.1) is 11.3 Å². The van der Waals surface area contributed by atoms with E-state index in [1.165, 1.54) is 16.7 Å². The van der Waals surface area contributed by atoms with Crippen LogP contribution in [0.3, 0.4) is 0 Å². The number of ether oxygens (including phenoxy) is 2. The molecule has 1 heterocycles. The van der Waals surface area contributed by atoms with Crippen molar-refractivity contribution in [2.45, 2.75) is 6.61 Å². The molecule has 0 atom stereocenters. The van der Waals surface area contributed by atoms with Gasteiger partial charge in [0.05, 0.1) is 22.9 Å². The summed E-state index contributed by atoms with van der Waals surface area (Å²) in [6, 6.07) is 30.3. The first-order valence-electron chi connectivity index (χ1n) is 10.5. The van der Waals surface area contributed by atoms with Gasteiger partial charge >= 0.3 is 0 Å². The Morgan fingerprint density at radius 1 is 0.970 bits per heavy atom. The number of fused-ring (bicyclic) bond motifs is 2. The highest BCUT2D eigenvalue weighted by Crippen LogP contribution is 2.36. The van der Waals surface area contributed by atoms with E-state index >= 15 is 0 Å². The van der Waals surface area contributed by atoms with Crippen molar-refractivity contribution in [1.82, 2.24) is 4.98 Å². The summed E-state index contributed by atoms with van der Waals surface area (Å²) in [7, 11) is 1.62. The molecule has 0 amide bonds. The SMILES string of the molecule is COc1cccc(/C=C(\C#N)c2nc3ccccc3s2)c1OCc1cccc2ccccc12. The first-order valence-corrected chi connectivity index (χ1v) is 11.3. The zero-order chi connectivity index (χ0) is 22.6. The van der Waals surface area contributed by atoms with E-state index in [0.717, 1.165) is 26.7 Å². The first-order chi connectivity index (χ1) is 16.3. The molecule has 5 heteroatoms. The Kier molecular flexibility index (Phi) is 5.75. The maximum atomic E-state index is 9.89. The number of nitrogens with zero attached hydrogens (tertiary/aromatic N) is 2. The van der Waals surface area contributed by atoms with Gasteiger partial charge in [0.15, 0.2) is 11.5 Å². The normalized spacial score (nSPS) is 11.5. The quantitative estimate of drug-likeness (QED) is 0.260. The number of nitriles is 1. The summed E-state index contributed by atoms with van der Waals surface area (Å²) in [5, 5.41) is 12.9. The van der Waals surface area contributed by atoms with Gasteiger partial charge in [-0.1, -0.05) is 66.7 Å². The molecule has 0 saturated carbocycles. The van der Waals surface area contributed by atoms with Crippen LogP contribution < -0.4 is 9.47 Å². The molecule has 4 nitrogen and oxygen atoms in total. The molecular formula is C28H20N2O2S. The molecule has 0 fully saturated rings. The van der Waals surface area contributed by atoms with Gasteiger partial charge in [-0.25, -0.2) is 4.98 Å². The second-order valence-electron chi connectivity index (χ2n) is 7.46. The molecule has 5 rings (SSSR count). The van der Waals surface area contributed by atoms with E-state index in [4.69, 9.17) is 9.47 Å². The lowest BCUT2D eigenvalue weighted by Crippen LogP contribution is -2.00. The van der Waals surface area contributed by atoms with Crippen molar-refractivity contribution in [2.24, 2.45) is 0 Å². The van der Waals surface area contributed by atoms with Crippen LogP contribution in [0.15, 0.2) is 84.9 Å². The Hall–Kier alpha value is -4.14. The molecule has 0 unspecified atom stereocenters. The fourth-order valence-electron chi connectivity index (χ4n) is 3.81. The van der Waals surface area contributed by atoms with E-state index in [0.29, 0.717) is 28.7 Å². The van der Waals surface area contributed by atoms with E-state index in [1.807, 2.05) is 66.7 Å². The van der Waals surface area contributed by atoms with Gasteiger partial charge in [0.1, 0.15) is 17.7 Å². The monoisotopic (exact) mass is 448 g/mol. The summed E-state index contributed by atoms with van der Waals surface area (Å²) in [6.45, 7) is 0.381. The fraction of sp³-hybridized carbons (Fsp3) is 0.0714. The van der Waals surface area contributed by atoms with Gasteiger partial charge in [-0.2, -0.15) is 5.26 Å². The minimum absolute atomic E-state index is 0.381. The van der Waals surface area contributed by atoms with Gasteiger partial charge in [-0.15, -0.1) is 11.3 Å². The fourth-order valence-corrected chi connectivity index (χ4v) is 4.75. The van der Waals surface area contributed by atoms with Crippen molar-refractivity contribution in [1.29, 1.82) is 5.26 Å². The third-order valence-electron chi connectivity index (χ3n) is 5.43. The summed E-state index contributed by atoms with van der Waals surface area (Å²) in [5.41, 5.74) is 3.22. The van der Waals surface area contributed by atoms with Crippen LogP contribution >= 0.6 is 11.3 Å². The summed E-state index contributed by atoms with van der Waals surface area (Å²) >= 11 is 1.50. The topological polar surface area (TPSA) is 55.1 Å². The second kappa shape index (κ2) is 9.15. The summed E-state index contributed by atoms with van der Waals surface area (Å²) in [5.74, 6) is 1.22. The van der Waals surface area contributed by atoms with E-state index in [9.17, 15) is 5.26 Å². The lowest BCUT2D eigenvalue weighted by atomic mass is 10.1. The lowest BCUT2D eigenvalue weighted by Gasteiger charge is -2.15. The average Bonchev–Trinajstić information content (AvgIpc) is 3.30. The summed E-state index contributed by atoms with van der Waals surface area (Å²) < 4.78 is 12.9. The van der Waals surface area contributed by atoms with Gasteiger partial charge in [-0.05, 0) is 40.6 Å². The van der Waals surface area contributed by atoms with Gasteiger partial charge in [0.2, 0.25) is 0 Å². The number of rotatable bonds is 6. The van der Waals surface area contributed by atoms with Gasteiger partial charge in [0, 0.05) is 5.56 Å². The standard InChI is InChI=1S/C28H20N2O2S/c1-31-25-14-7-10-20(16-22(17-29)28-30-24-13-4-5-15-26(24)33-28)27(25)32-18-21-11-6-9-19-8-2-3-12-23(19)21/h2-16H,18H2,1H3/b22-16+. The van der Waals surface area contributed by atoms with Crippen LogP contribution in [-0.2, 0) is 6.61 Å². The van der Waals surface area contributed by atoms with Crippen LogP contribution in [0.25, 0.3) is 32.6 Å². The van der Waals surface area contributed by atoms with Crippen molar-refractivity contribution in [2.75, 3.05) is 7.11 Å². The summed E-state index contributed by atoms with van der Waals surface area (Å²) in [4.78, 5) is 4.64. The largest absolute Gasteiger partial charge is 0.493 e. The Balaban J connectivity index is 1.52. The molecule has 0 spiro atoms. The van der Waals surface area contributed by atoms with E-state index < -0.39 is 0 Å². The maximum Gasteiger partial charge on any atom is 0.168 e. The number of benzene rings is 4. The Bertz CT molecular complexity index is 1490. The molecule has 0 bridgehead atoms.